The first kappa shape index (κ1) is 15.9. The van der Waals surface area contributed by atoms with Crippen molar-refractivity contribution in [3.63, 3.8) is 0 Å². The number of guanidine groups is 1. The molecule has 0 fully saturated rings. The number of aryl methyl sites for hydroxylation is 3. The molecule has 7 nitrogen and oxygen atoms in total. The minimum absolute atomic E-state index is 0.545. The van der Waals surface area contributed by atoms with E-state index in [9.17, 15) is 0 Å². The molecule has 0 amide bonds. The highest BCUT2D eigenvalue weighted by Gasteiger charge is 2.16. The van der Waals surface area contributed by atoms with Crippen molar-refractivity contribution in [2.75, 3.05) is 6.54 Å². The number of rotatable bonds is 5. The van der Waals surface area contributed by atoms with E-state index in [0.717, 1.165) is 60.8 Å². The van der Waals surface area contributed by atoms with E-state index in [1.807, 2.05) is 13.8 Å². The average molecular weight is 333 g/mol. The number of aromatic nitrogens is 4. The fourth-order valence-electron chi connectivity index (χ4n) is 2.72. The third kappa shape index (κ3) is 3.69. The van der Waals surface area contributed by atoms with Crippen molar-refractivity contribution < 1.29 is 0 Å². The lowest BCUT2D eigenvalue weighted by atomic mass is 10.4. The molecule has 0 aromatic carbocycles. The van der Waals surface area contributed by atoms with E-state index >= 15 is 0 Å². The van der Waals surface area contributed by atoms with Gasteiger partial charge in [-0.25, -0.2) is 9.98 Å². The Bertz CT molecular complexity index is 701. The maximum atomic E-state index is 4.64. The first-order valence-electron chi connectivity index (χ1n) is 8.03. The van der Waals surface area contributed by atoms with Crippen LogP contribution in [0.2, 0.25) is 0 Å². The summed E-state index contributed by atoms with van der Waals surface area (Å²) in [5.41, 5.74) is 1.09. The summed E-state index contributed by atoms with van der Waals surface area (Å²) < 4.78 is 2.18. The number of fused-ring (bicyclic) bond motifs is 1. The number of nitrogens with one attached hydrogen (secondary N) is 2. The molecule has 2 aromatic heterocycles. The molecule has 3 heterocycles. The fourth-order valence-corrected chi connectivity index (χ4v) is 3.60. The minimum atomic E-state index is 0.545. The highest BCUT2D eigenvalue weighted by molar-refractivity contribution is 7.11. The number of thiazole rings is 1. The molecule has 8 heteroatoms. The van der Waals surface area contributed by atoms with Crippen LogP contribution in [-0.4, -0.2) is 32.3 Å². The largest absolute Gasteiger partial charge is 0.357 e. The second-order valence-electron chi connectivity index (χ2n) is 5.58. The van der Waals surface area contributed by atoms with Crippen molar-refractivity contribution in [2.45, 2.75) is 53.2 Å². The Balaban J connectivity index is 1.64. The maximum Gasteiger partial charge on any atom is 0.191 e. The Hall–Kier alpha value is -1.96. The lowest BCUT2D eigenvalue weighted by Gasteiger charge is -2.10. The minimum Gasteiger partial charge on any atom is -0.357 e. The second kappa shape index (κ2) is 7.08. The van der Waals surface area contributed by atoms with E-state index in [-0.39, 0.29) is 0 Å². The molecule has 1 aliphatic rings. The van der Waals surface area contributed by atoms with E-state index in [2.05, 4.69) is 42.3 Å². The van der Waals surface area contributed by atoms with Crippen LogP contribution in [0.4, 0.5) is 0 Å². The number of hydrogen-bond acceptors (Lipinski definition) is 5. The molecule has 3 rings (SSSR count). The molecule has 0 spiro atoms. The van der Waals surface area contributed by atoms with Gasteiger partial charge in [0.25, 0.3) is 0 Å². The van der Waals surface area contributed by atoms with Gasteiger partial charge in [-0.1, -0.05) is 0 Å². The number of nitrogens with zero attached hydrogens (tertiary/aromatic N) is 5. The van der Waals surface area contributed by atoms with E-state index in [0.29, 0.717) is 6.54 Å². The molecule has 0 bridgehead atoms. The first-order chi connectivity index (χ1) is 11.2. The van der Waals surface area contributed by atoms with E-state index < -0.39 is 0 Å². The van der Waals surface area contributed by atoms with Crippen LogP contribution in [0.1, 0.15) is 40.6 Å². The van der Waals surface area contributed by atoms with Crippen LogP contribution in [0.5, 0.6) is 0 Å². The zero-order chi connectivity index (χ0) is 16.2. The zero-order valence-corrected chi connectivity index (χ0v) is 14.7. The molecular formula is C15H23N7S. The lowest BCUT2D eigenvalue weighted by molar-refractivity contribution is 0.684. The molecule has 0 radical (unpaired) electrons. The van der Waals surface area contributed by atoms with Crippen molar-refractivity contribution in [3.8, 4) is 0 Å². The monoisotopic (exact) mass is 333 g/mol. The van der Waals surface area contributed by atoms with Crippen LogP contribution in [0.25, 0.3) is 0 Å². The van der Waals surface area contributed by atoms with Gasteiger partial charge in [-0.15, -0.1) is 21.5 Å². The van der Waals surface area contributed by atoms with Crippen molar-refractivity contribution in [3.05, 3.63) is 27.2 Å². The summed E-state index contributed by atoms with van der Waals surface area (Å²) in [6.45, 7) is 9.26. The molecule has 23 heavy (non-hydrogen) atoms. The molecule has 0 aliphatic carbocycles. The summed E-state index contributed by atoms with van der Waals surface area (Å²) in [6, 6.07) is 0. The molecule has 0 saturated carbocycles. The lowest BCUT2D eigenvalue weighted by Crippen LogP contribution is -2.36. The maximum absolute atomic E-state index is 4.64. The van der Waals surface area contributed by atoms with Gasteiger partial charge in [0.1, 0.15) is 12.4 Å². The zero-order valence-electron chi connectivity index (χ0n) is 13.9. The van der Waals surface area contributed by atoms with Gasteiger partial charge in [-0.2, -0.15) is 0 Å². The first-order valence-corrected chi connectivity index (χ1v) is 8.85. The van der Waals surface area contributed by atoms with Gasteiger partial charge >= 0.3 is 0 Å². The number of aliphatic imine (C=N–C) groups is 1. The normalized spacial score (nSPS) is 14.1. The van der Waals surface area contributed by atoms with E-state index in [1.165, 1.54) is 4.88 Å². The molecule has 2 aromatic rings. The summed E-state index contributed by atoms with van der Waals surface area (Å²) in [7, 11) is 0. The van der Waals surface area contributed by atoms with Crippen LogP contribution in [-0.2, 0) is 26.1 Å². The molecular weight excluding hydrogens is 310 g/mol. The summed E-state index contributed by atoms with van der Waals surface area (Å²) in [5.74, 6) is 2.83. The smallest absolute Gasteiger partial charge is 0.191 e. The van der Waals surface area contributed by atoms with Crippen molar-refractivity contribution in [1.29, 1.82) is 0 Å². The van der Waals surface area contributed by atoms with Gasteiger partial charge in [0.15, 0.2) is 11.8 Å². The van der Waals surface area contributed by atoms with Gasteiger partial charge in [0.05, 0.1) is 17.2 Å². The van der Waals surface area contributed by atoms with Gasteiger partial charge in [0, 0.05) is 24.4 Å². The van der Waals surface area contributed by atoms with Crippen molar-refractivity contribution in [1.82, 2.24) is 30.4 Å². The molecule has 1 aliphatic heterocycles. The summed E-state index contributed by atoms with van der Waals surface area (Å²) in [5, 5.41) is 16.2. The molecule has 0 saturated heterocycles. The SMILES string of the molecule is CCNC(=NCc1nnc2n1CCC2)NCc1sc(C)nc1C. The van der Waals surface area contributed by atoms with Gasteiger partial charge < -0.3 is 15.2 Å². The molecule has 0 atom stereocenters. The van der Waals surface area contributed by atoms with Crippen molar-refractivity contribution >= 4 is 17.3 Å². The predicted molar refractivity (Wildman–Crippen MR) is 91.6 cm³/mol. The van der Waals surface area contributed by atoms with E-state index in [1.54, 1.807) is 11.3 Å². The summed E-state index contributed by atoms with van der Waals surface area (Å²) in [4.78, 5) is 10.3. The molecule has 2 N–H and O–H groups in total. The second-order valence-corrected chi connectivity index (χ2v) is 6.87. The number of hydrogen-bond donors (Lipinski definition) is 2. The quantitative estimate of drug-likeness (QED) is 0.641. The predicted octanol–water partition coefficient (Wildman–Crippen LogP) is 1.55. The van der Waals surface area contributed by atoms with Crippen molar-refractivity contribution in [2.24, 2.45) is 4.99 Å². The third-order valence-electron chi connectivity index (χ3n) is 3.82. The third-order valence-corrected chi connectivity index (χ3v) is 4.90. The Morgan fingerprint density at radius 1 is 1.30 bits per heavy atom. The Morgan fingerprint density at radius 2 is 2.17 bits per heavy atom. The van der Waals surface area contributed by atoms with Gasteiger partial charge in [-0.05, 0) is 27.2 Å². The highest BCUT2D eigenvalue weighted by atomic mass is 32.1. The fraction of sp³-hybridized carbons (Fsp3) is 0.600. The Labute approximate surface area is 140 Å². The standard InChI is InChI=1S/C15H23N7S/c1-4-16-15(17-8-12-10(2)19-11(3)23-12)18-9-14-21-20-13-6-5-7-22(13)14/h4-9H2,1-3H3,(H2,16,17,18). The Morgan fingerprint density at radius 3 is 2.91 bits per heavy atom. The van der Waals surface area contributed by atoms with Crippen LogP contribution in [0, 0.1) is 13.8 Å². The topological polar surface area (TPSA) is 80.0 Å². The Kier molecular flexibility index (Phi) is 4.90. The molecule has 0 unspecified atom stereocenters. The van der Waals surface area contributed by atoms with Crippen LogP contribution in [0.3, 0.4) is 0 Å². The summed E-state index contributed by atoms with van der Waals surface area (Å²) >= 11 is 1.72. The van der Waals surface area contributed by atoms with Crippen LogP contribution < -0.4 is 10.6 Å². The van der Waals surface area contributed by atoms with Gasteiger partial charge in [0.2, 0.25) is 0 Å². The van der Waals surface area contributed by atoms with Gasteiger partial charge in [-0.3, -0.25) is 0 Å². The van der Waals surface area contributed by atoms with Crippen LogP contribution in [0.15, 0.2) is 4.99 Å². The molecule has 124 valence electrons. The van der Waals surface area contributed by atoms with E-state index in [4.69, 9.17) is 0 Å². The summed E-state index contributed by atoms with van der Waals surface area (Å²) in [6.07, 6.45) is 2.18. The highest BCUT2D eigenvalue weighted by Crippen LogP contribution is 2.17. The van der Waals surface area contributed by atoms with Crippen LogP contribution >= 0.6 is 11.3 Å². The average Bonchev–Trinajstić information content (AvgIpc) is 3.19.